The summed E-state index contributed by atoms with van der Waals surface area (Å²) >= 11 is 0. The number of rotatable bonds is 4. The van der Waals surface area contributed by atoms with E-state index in [2.05, 4.69) is 22.7 Å². The third kappa shape index (κ3) is 3.32. The molecular weight excluding hydrogens is 228 g/mol. The molecule has 0 aliphatic carbocycles. The molecule has 100 valence electrons. The zero-order valence-electron chi connectivity index (χ0n) is 11.1. The number of nitrogens with zero attached hydrogens (tertiary/aromatic N) is 2. The number of nitrogens with one attached hydrogen (secondary N) is 2. The van der Waals surface area contributed by atoms with Crippen LogP contribution in [0.25, 0.3) is 0 Å². The van der Waals surface area contributed by atoms with Gasteiger partial charge in [0.2, 0.25) is 5.91 Å². The van der Waals surface area contributed by atoms with Crippen LogP contribution in [-0.2, 0) is 18.3 Å². The van der Waals surface area contributed by atoms with E-state index in [0.29, 0.717) is 12.6 Å². The Kier molecular flexibility index (Phi) is 4.36. The molecule has 1 aliphatic rings. The quantitative estimate of drug-likeness (QED) is 0.816. The molecule has 1 aromatic rings. The monoisotopic (exact) mass is 250 g/mol. The number of amides is 1. The first-order valence-corrected chi connectivity index (χ1v) is 6.65. The van der Waals surface area contributed by atoms with Crippen molar-refractivity contribution in [3.8, 4) is 0 Å². The molecule has 2 atom stereocenters. The molecule has 0 aromatic carbocycles. The molecule has 5 heteroatoms. The number of piperidine rings is 1. The number of aryl methyl sites for hydroxylation is 1. The van der Waals surface area contributed by atoms with E-state index < -0.39 is 0 Å². The van der Waals surface area contributed by atoms with E-state index in [4.69, 9.17) is 0 Å². The van der Waals surface area contributed by atoms with Gasteiger partial charge in [-0.25, -0.2) is 0 Å². The van der Waals surface area contributed by atoms with E-state index in [1.54, 1.807) is 6.20 Å². The van der Waals surface area contributed by atoms with Crippen LogP contribution in [0.2, 0.25) is 0 Å². The van der Waals surface area contributed by atoms with Crippen molar-refractivity contribution in [1.29, 1.82) is 0 Å². The van der Waals surface area contributed by atoms with Gasteiger partial charge >= 0.3 is 0 Å². The molecule has 0 spiro atoms. The van der Waals surface area contributed by atoms with E-state index in [1.807, 2.05) is 17.8 Å². The Balaban J connectivity index is 1.70. The summed E-state index contributed by atoms with van der Waals surface area (Å²) in [5.41, 5.74) is 1.14. The molecule has 5 nitrogen and oxygen atoms in total. The third-order valence-electron chi connectivity index (χ3n) is 3.63. The Morgan fingerprint density at radius 2 is 2.44 bits per heavy atom. The van der Waals surface area contributed by atoms with E-state index in [1.165, 1.54) is 0 Å². The van der Waals surface area contributed by atoms with Gasteiger partial charge in [-0.1, -0.05) is 0 Å². The average molecular weight is 250 g/mol. The molecule has 1 saturated heterocycles. The Morgan fingerprint density at radius 3 is 3.06 bits per heavy atom. The van der Waals surface area contributed by atoms with Crippen LogP contribution in [0.15, 0.2) is 12.3 Å². The summed E-state index contributed by atoms with van der Waals surface area (Å²) in [5.74, 6) is 0.310. The SMILES string of the molecule is CC1CCC(C(=O)NCCc2ccnn2C)CN1. The highest BCUT2D eigenvalue weighted by atomic mass is 16.1. The number of carbonyl (C=O) groups is 1. The van der Waals surface area contributed by atoms with Crippen molar-refractivity contribution in [3.05, 3.63) is 18.0 Å². The maximum absolute atomic E-state index is 11.9. The van der Waals surface area contributed by atoms with Crippen molar-refractivity contribution in [3.63, 3.8) is 0 Å². The zero-order valence-corrected chi connectivity index (χ0v) is 11.1. The lowest BCUT2D eigenvalue weighted by Gasteiger charge is -2.26. The highest BCUT2D eigenvalue weighted by Crippen LogP contribution is 2.13. The minimum atomic E-state index is 0.132. The lowest BCUT2D eigenvalue weighted by Crippen LogP contribution is -2.44. The van der Waals surface area contributed by atoms with Gasteiger partial charge in [0.25, 0.3) is 0 Å². The van der Waals surface area contributed by atoms with Gasteiger partial charge in [-0.05, 0) is 25.8 Å². The topological polar surface area (TPSA) is 59.0 Å². The predicted octanol–water partition coefficient (Wildman–Crippen LogP) is 0.467. The average Bonchev–Trinajstić information content (AvgIpc) is 2.76. The van der Waals surface area contributed by atoms with Crippen molar-refractivity contribution in [2.75, 3.05) is 13.1 Å². The Labute approximate surface area is 108 Å². The lowest BCUT2D eigenvalue weighted by molar-refractivity contribution is -0.125. The summed E-state index contributed by atoms with van der Waals surface area (Å²) in [4.78, 5) is 11.9. The van der Waals surface area contributed by atoms with Gasteiger partial charge in [-0.15, -0.1) is 0 Å². The molecule has 2 heterocycles. The van der Waals surface area contributed by atoms with Crippen LogP contribution in [0.1, 0.15) is 25.5 Å². The van der Waals surface area contributed by atoms with Crippen molar-refractivity contribution < 1.29 is 4.79 Å². The molecule has 18 heavy (non-hydrogen) atoms. The number of carbonyl (C=O) groups excluding carboxylic acids is 1. The van der Waals surface area contributed by atoms with Gasteiger partial charge < -0.3 is 10.6 Å². The molecule has 2 unspecified atom stereocenters. The molecule has 1 amide bonds. The van der Waals surface area contributed by atoms with Gasteiger partial charge in [0.15, 0.2) is 0 Å². The maximum Gasteiger partial charge on any atom is 0.224 e. The second-order valence-corrected chi connectivity index (χ2v) is 5.07. The molecule has 2 N–H and O–H groups in total. The van der Waals surface area contributed by atoms with Crippen molar-refractivity contribution in [2.24, 2.45) is 13.0 Å². The van der Waals surface area contributed by atoms with Crippen LogP contribution >= 0.6 is 0 Å². The molecule has 1 fully saturated rings. The Morgan fingerprint density at radius 1 is 1.61 bits per heavy atom. The highest BCUT2D eigenvalue weighted by Gasteiger charge is 2.23. The fraction of sp³-hybridized carbons (Fsp3) is 0.692. The lowest BCUT2D eigenvalue weighted by atomic mass is 9.95. The summed E-state index contributed by atoms with van der Waals surface area (Å²) in [5, 5.41) is 10.5. The van der Waals surface area contributed by atoms with Crippen LogP contribution in [0, 0.1) is 5.92 Å². The number of aromatic nitrogens is 2. The summed E-state index contributed by atoms with van der Waals surface area (Å²) in [6.07, 6.45) is 4.69. The van der Waals surface area contributed by atoms with Crippen molar-refractivity contribution in [1.82, 2.24) is 20.4 Å². The number of hydrogen-bond acceptors (Lipinski definition) is 3. The second-order valence-electron chi connectivity index (χ2n) is 5.07. The first-order valence-electron chi connectivity index (χ1n) is 6.65. The zero-order chi connectivity index (χ0) is 13.0. The standard InChI is InChI=1S/C13H22N4O/c1-10-3-4-11(9-15-10)13(18)14-7-5-12-6-8-16-17(12)2/h6,8,10-11,15H,3-5,7,9H2,1-2H3,(H,14,18). The minimum absolute atomic E-state index is 0.132. The van der Waals surface area contributed by atoms with Gasteiger partial charge in [-0.2, -0.15) is 5.10 Å². The van der Waals surface area contributed by atoms with E-state index in [-0.39, 0.29) is 11.8 Å². The van der Waals surface area contributed by atoms with Crippen LogP contribution in [0.3, 0.4) is 0 Å². The summed E-state index contributed by atoms with van der Waals surface area (Å²) in [6, 6.07) is 2.53. The molecule has 0 saturated carbocycles. The Bertz CT molecular complexity index is 393. The van der Waals surface area contributed by atoms with Crippen LogP contribution in [0.5, 0.6) is 0 Å². The third-order valence-corrected chi connectivity index (χ3v) is 3.63. The van der Waals surface area contributed by atoms with E-state index >= 15 is 0 Å². The Hall–Kier alpha value is -1.36. The molecule has 1 aromatic heterocycles. The molecule has 1 aliphatic heterocycles. The van der Waals surface area contributed by atoms with Crippen LogP contribution in [-0.4, -0.2) is 34.8 Å². The van der Waals surface area contributed by atoms with Crippen LogP contribution in [0.4, 0.5) is 0 Å². The maximum atomic E-state index is 11.9. The van der Waals surface area contributed by atoms with Crippen molar-refractivity contribution in [2.45, 2.75) is 32.2 Å². The normalized spacial score (nSPS) is 23.9. The fourth-order valence-corrected chi connectivity index (χ4v) is 2.33. The van der Waals surface area contributed by atoms with Crippen molar-refractivity contribution >= 4 is 5.91 Å². The minimum Gasteiger partial charge on any atom is -0.355 e. The first-order chi connectivity index (χ1) is 8.66. The molecule has 0 bridgehead atoms. The largest absolute Gasteiger partial charge is 0.355 e. The first kappa shape index (κ1) is 13.1. The molecular formula is C13H22N4O. The predicted molar refractivity (Wildman–Crippen MR) is 70.1 cm³/mol. The summed E-state index contributed by atoms with van der Waals surface area (Å²) in [6.45, 7) is 3.65. The summed E-state index contributed by atoms with van der Waals surface area (Å²) < 4.78 is 1.84. The summed E-state index contributed by atoms with van der Waals surface area (Å²) in [7, 11) is 1.92. The van der Waals surface area contributed by atoms with Gasteiger partial charge in [0, 0.05) is 44.5 Å². The smallest absolute Gasteiger partial charge is 0.224 e. The van der Waals surface area contributed by atoms with Gasteiger partial charge in [-0.3, -0.25) is 9.48 Å². The van der Waals surface area contributed by atoms with Gasteiger partial charge in [0.1, 0.15) is 0 Å². The highest BCUT2D eigenvalue weighted by molar-refractivity contribution is 5.78. The van der Waals surface area contributed by atoms with E-state index in [9.17, 15) is 4.79 Å². The van der Waals surface area contributed by atoms with E-state index in [0.717, 1.165) is 31.5 Å². The van der Waals surface area contributed by atoms with Crippen LogP contribution < -0.4 is 10.6 Å². The molecule has 2 rings (SSSR count). The molecule has 0 radical (unpaired) electrons. The fourth-order valence-electron chi connectivity index (χ4n) is 2.33. The number of hydrogen-bond donors (Lipinski definition) is 2. The second kappa shape index (κ2) is 6.00. The van der Waals surface area contributed by atoms with Gasteiger partial charge in [0.05, 0.1) is 5.92 Å².